The van der Waals surface area contributed by atoms with Crippen LogP contribution in [0.5, 0.6) is 0 Å². The number of allylic oxidation sites excluding steroid dienone is 1. The van der Waals surface area contributed by atoms with Crippen LogP contribution in [0.25, 0.3) is 10.9 Å². The molecule has 8 atom stereocenters. The van der Waals surface area contributed by atoms with Gasteiger partial charge >= 0.3 is 11.9 Å². The largest absolute Gasteiger partial charge is 0.549 e. The summed E-state index contributed by atoms with van der Waals surface area (Å²) in [5.74, 6) is -9.99. The number of primary amides is 2. The van der Waals surface area contributed by atoms with Crippen molar-refractivity contribution in [2.75, 3.05) is 98.2 Å². The molecule has 4 heterocycles. The maximum absolute atomic E-state index is 14.3. The number of carboxylic acids is 3. The number of aromatic nitrogens is 1. The number of carbonyl (C=O) groups is 15. The number of fused-ring (bicyclic) bond motifs is 1. The summed E-state index contributed by atoms with van der Waals surface area (Å²) >= 11 is 0. The summed E-state index contributed by atoms with van der Waals surface area (Å²) in [5, 5.41) is 56.5. The summed E-state index contributed by atoms with van der Waals surface area (Å²) in [7, 11) is 0. The standard InChI is InChI=1S/C52H73N9O12.C34H57N5O7.Lu/c1-2-45(63)44(28-39-30-54-42-11-7-6-10-41(39)42)56-52(73)38(12-13-47(53)65)29-46(64)43(27-36-8-4-3-5-9-36)55-48(66)32-57-16-14-37(15-17-57)26-40(62)31-58-18-20-59(33-49(67)68)22-24-61(35-51(71)72)25-23-60(21-19-58)34-50(69)70;1-19(2)14-23(28(41)18-31(44)38-26(33(35)45)15-20(3)4)16-29(42)25(17-24-10-9-13-36-24)37-30(43)12-11-27(40)32(21(5)6)39-34(46)22(7)8;/h3-11,30,37-38,43-44,54H,2,12-29,31-35H2,1H3,(H2,53,65)(H,55,66)(H,56,73)(H,67,68)(H,69,70)(H,71,72);10,13,19-23,25-26,28,32,41H,9,11-12,14-18H2,1-8H3,(H2,35,45)(H,37,43)(H,38,44)(H,39,46);/p-1/t38-,43-,44+;23-,25+,26+,28+,32+;/m11./s1/i;;1+2. The van der Waals surface area contributed by atoms with Crippen molar-refractivity contribution in [2.45, 2.75) is 208 Å². The molecule has 0 saturated carbocycles. The van der Waals surface area contributed by atoms with Crippen molar-refractivity contribution >= 4 is 105 Å². The molecule has 3 aliphatic rings. The van der Waals surface area contributed by atoms with Crippen LogP contribution in [0.1, 0.15) is 170 Å². The minimum atomic E-state index is -1.28. The molecule has 120 heavy (non-hydrogen) atoms. The number of para-hydroxylation sites is 1. The molecule has 3 aliphatic heterocycles. The minimum Gasteiger partial charge on any atom is -0.549 e. The van der Waals surface area contributed by atoms with Gasteiger partial charge < -0.3 is 68.3 Å². The number of piperidine rings is 1. The summed E-state index contributed by atoms with van der Waals surface area (Å²) in [6.07, 6.45) is 6.58. The SMILES string of the molecule is CC(C)C[C@H](CC(=O)[C@H](CC1=CCC=N1)NC(=O)CCC(=O)[C@@H](NC(=O)C(C)C)C(C)C)[C@@H](O)CC(=O)N[C@@H](CC(C)C)C(N)=O.CCC(=O)[C@H](Cc1c[nH]c2ccccc12)NC(=O)[C@H](CCC(N)=O)CC(=O)[C@@H](Cc1ccccc1)NC(=O)CN1CCC(CC(=O)CN2CCN(CC(=O)[O-])CCN(CC(=O)O)CCN(CC(=O)O)CC2)CC1.[177Lu]. The molecule has 2 aromatic carbocycles. The van der Waals surface area contributed by atoms with Crippen LogP contribution in [0.15, 0.2) is 77.6 Å². The van der Waals surface area contributed by atoms with Gasteiger partial charge in [-0.05, 0) is 98.4 Å². The molecule has 673 valence electrons. The van der Waals surface area contributed by atoms with E-state index in [1.807, 2.05) is 112 Å². The molecule has 2 saturated heterocycles. The van der Waals surface area contributed by atoms with Crippen molar-refractivity contribution in [2.24, 2.45) is 57.9 Å². The van der Waals surface area contributed by atoms with Gasteiger partial charge in [0.2, 0.25) is 41.4 Å². The Morgan fingerprint density at radius 2 is 1.08 bits per heavy atom. The number of nitrogens with two attached hydrogens (primary N) is 2. The number of aliphatic carboxylic acids is 3. The van der Waals surface area contributed by atoms with Gasteiger partial charge in [-0.15, -0.1) is 0 Å². The van der Waals surface area contributed by atoms with E-state index in [0.29, 0.717) is 70.5 Å². The summed E-state index contributed by atoms with van der Waals surface area (Å²) in [4.78, 5) is 208. The summed E-state index contributed by atoms with van der Waals surface area (Å²) in [5.41, 5.74) is 14.1. The zero-order valence-corrected chi connectivity index (χ0v) is 72.7. The fourth-order valence-electron chi connectivity index (χ4n) is 14.9. The van der Waals surface area contributed by atoms with Crippen LogP contribution < -0.4 is 43.2 Å². The van der Waals surface area contributed by atoms with Crippen LogP contribution in [0, 0.1) is 78.3 Å². The van der Waals surface area contributed by atoms with Gasteiger partial charge in [-0.3, -0.25) is 96.6 Å². The number of Topliss-reactive ketones (excluding diaryl/α,β-unsaturated/α-hetero) is 5. The summed E-state index contributed by atoms with van der Waals surface area (Å²) in [6, 6.07) is 12.3. The Kier molecular flexibility index (Phi) is 46.7. The van der Waals surface area contributed by atoms with Gasteiger partial charge in [0.05, 0.1) is 68.8 Å². The van der Waals surface area contributed by atoms with E-state index in [4.69, 9.17) is 11.5 Å². The molecule has 34 heteroatoms. The number of aliphatic imine (C=N–C) groups is 1. The van der Waals surface area contributed by atoms with Gasteiger partial charge in [-0.25, -0.2) is 0 Å². The fourth-order valence-corrected chi connectivity index (χ4v) is 14.9. The maximum Gasteiger partial charge on any atom is 0.317 e. The maximum atomic E-state index is 14.3. The number of hydrogen-bond acceptors (Lipinski definition) is 23. The molecule has 1 aromatic heterocycles. The van der Waals surface area contributed by atoms with Crippen LogP contribution in [0.3, 0.4) is 0 Å². The van der Waals surface area contributed by atoms with E-state index in [9.17, 15) is 92.3 Å². The number of aliphatic hydroxyl groups excluding tert-OH is 1. The number of nitrogens with zero attached hydrogens (tertiary/aromatic N) is 6. The summed E-state index contributed by atoms with van der Waals surface area (Å²) < 4.78 is 0. The van der Waals surface area contributed by atoms with Gasteiger partial charge in [0.25, 0.3) is 0 Å². The molecule has 6 rings (SSSR count). The molecular formula is C86H129LuN14O19-. The molecular weight excluding hydrogens is 1710 g/mol. The molecule has 0 aliphatic carbocycles. The van der Waals surface area contributed by atoms with Crippen LogP contribution in [-0.4, -0.2) is 274 Å². The van der Waals surface area contributed by atoms with Crippen molar-refractivity contribution in [3.63, 3.8) is 0 Å². The number of ketones is 5. The molecule has 2 fully saturated rings. The topological polar surface area (TPSA) is 496 Å². The molecule has 3 aromatic rings. The molecule has 33 nitrogen and oxygen atoms in total. The number of amides is 7. The number of carboxylic acid groups (broad SMARTS) is 3. The Balaban J connectivity index is 0.000000556. The number of hydrogen-bond donors (Lipinski definition) is 11. The number of rotatable bonds is 49. The molecule has 1 radical (unpaired) electrons. The van der Waals surface area contributed by atoms with Crippen LogP contribution in [-0.2, 0) is 84.8 Å². The van der Waals surface area contributed by atoms with E-state index in [1.54, 1.807) is 47.9 Å². The fraction of sp³-hybridized carbons (Fsp3) is 0.628. The van der Waals surface area contributed by atoms with E-state index in [-0.39, 0.29) is 238 Å². The van der Waals surface area contributed by atoms with Gasteiger partial charge in [-0.1, -0.05) is 117 Å². The van der Waals surface area contributed by atoms with Gasteiger partial charge in [-0.2, -0.15) is 0 Å². The van der Waals surface area contributed by atoms with Crippen LogP contribution >= 0.6 is 0 Å². The third kappa shape index (κ3) is 39.5. The van der Waals surface area contributed by atoms with Crippen molar-refractivity contribution < 1.29 is 129 Å². The Labute approximate surface area is 733 Å². The summed E-state index contributed by atoms with van der Waals surface area (Å²) in [6.45, 7) is 18.8. The zero-order valence-electron chi connectivity index (χ0n) is 71.0. The van der Waals surface area contributed by atoms with E-state index in [1.165, 1.54) is 0 Å². The monoisotopic (exact) mass is 1840 g/mol. The number of nitrogens with one attached hydrogen (secondary N) is 6. The normalized spacial score (nSPS) is 16.9. The third-order valence-electron chi connectivity index (χ3n) is 21.6. The van der Waals surface area contributed by atoms with Crippen molar-refractivity contribution in [1.29, 1.82) is 0 Å². The number of aliphatic hydroxyl groups is 1. The predicted octanol–water partition coefficient (Wildman–Crippen LogP) is 2.31. The first-order valence-corrected chi connectivity index (χ1v) is 41.8. The van der Waals surface area contributed by atoms with E-state index in [2.05, 4.69) is 36.6 Å². The molecule has 0 spiro atoms. The number of benzene rings is 2. The van der Waals surface area contributed by atoms with Gasteiger partial charge in [0, 0.05) is 201 Å². The van der Waals surface area contributed by atoms with E-state index in [0.717, 1.165) is 22.0 Å². The predicted molar refractivity (Wildman–Crippen MR) is 445 cm³/mol. The second-order valence-electron chi connectivity index (χ2n) is 33.3. The second-order valence-corrected chi connectivity index (χ2v) is 33.3. The number of H-pyrrole nitrogens is 1. The first kappa shape index (κ1) is 104. The first-order chi connectivity index (χ1) is 56.3. The Hall–Kier alpha value is -8.57. The minimum absolute atomic E-state index is 0. The Morgan fingerprint density at radius 1 is 0.550 bits per heavy atom. The quantitative estimate of drug-likeness (QED) is 0.0386. The molecule has 0 unspecified atom stereocenters. The number of carbonyl (C=O) groups excluding carboxylic acids is 13. The van der Waals surface area contributed by atoms with Crippen LogP contribution in [0.2, 0.25) is 0 Å². The average molecular weight is 1840 g/mol. The number of aromatic amines is 1. The number of likely N-dealkylation sites (tertiary alicyclic amines) is 1. The molecule has 0 bridgehead atoms. The zero-order chi connectivity index (χ0) is 88.0. The van der Waals surface area contributed by atoms with Crippen molar-refractivity contribution in [1.82, 2.24) is 56.1 Å². The van der Waals surface area contributed by atoms with Gasteiger partial charge in [0.1, 0.15) is 11.8 Å². The molecule has 13 N–H and O–H groups in total. The Bertz CT molecular complexity index is 3920. The Morgan fingerprint density at radius 3 is 1.62 bits per heavy atom. The third-order valence-corrected chi connectivity index (χ3v) is 21.6. The van der Waals surface area contributed by atoms with E-state index < -0.39 is 107 Å². The van der Waals surface area contributed by atoms with E-state index >= 15 is 0 Å². The average Bonchev–Trinajstić information content (AvgIpc) is 1.67. The van der Waals surface area contributed by atoms with Crippen molar-refractivity contribution in [3.8, 4) is 0 Å². The van der Waals surface area contributed by atoms with Crippen LogP contribution in [0.4, 0.5) is 0 Å². The first-order valence-electron chi connectivity index (χ1n) is 41.8. The van der Waals surface area contributed by atoms with Gasteiger partial charge in [0.15, 0.2) is 23.1 Å². The van der Waals surface area contributed by atoms with Crippen molar-refractivity contribution in [3.05, 3.63) is 83.7 Å². The smallest absolute Gasteiger partial charge is 0.317 e. The second kappa shape index (κ2) is 54.0. The molecule has 7 amide bonds.